The Bertz CT molecular complexity index is 382. The van der Waals surface area contributed by atoms with E-state index in [1.54, 1.807) is 0 Å². The van der Waals surface area contributed by atoms with E-state index in [1.165, 1.54) is 17.7 Å². The van der Waals surface area contributed by atoms with E-state index >= 15 is 0 Å². The Hall–Kier alpha value is -0.670. The van der Waals surface area contributed by atoms with Crippen LogP contribution in [0.1, 0.15) is 25.3 Å². The first kappa shape index (κ1) is 12.8. The number of aliphatic hydroxyl groups excluding tert-OH is 1. The SMILES string of the molecule is Cc1ccccc1NC1(CO)CCCSC1C. The van der Waals surface area contributed by atoms with E-state index in [1.807, 2.05) is 23.9 Å². The molecule has 1 fully saturated rings. The van der Waals surface area contributed by atoms with Crippen LogP contribution in [0.15, 0.2) is 24.3 Å². The lowest BCUT2D eigenvalue weighted by Gasteiger charge is -2.42. The molecule has 0 aromatic heterocycles. The molecule has 0 bridgehead atoms. The van der Waals surface area contributed by atoms with Crippen LogP contribution in [-0.4, -0.2) is 28.3 Å². The van der Waals surface area contributed by atoms with Crippen molar-refractivity contribution >= 4 is 17.4 Å². The molecule has 2 unspecified atom stereocenters. The van der Waals surface area contributed by atoms with Gasteiger partial charge in [-0.15, -0.1) is 0 Å². The minimum Gasteiger partial charge on any atom is -0.394 e. The number of hydrogen-bond donors (Lipinski definition) is 2. The number of aryl methyl sites for hydroxylation is 1. The predicted octanol–water partition coefficient (Wildman–Crippen LogP) is 3.05. The highest BCUT2D eigenvalue weighted by molar-refractivity contribution is 8.00. The summed E-state index contributed by atoms with van der Waals surface area (Å²) in [6.45, 7) is 4.52. The summed E-state index contributed by atoms with van der Waals surface area (Å²) in [4.78, 5) is 0. The van der Waals surface area contributed by atoms with Crippen LogP contribution < -0.4 is 5.32 Å². The van der Waals surface area contributed by atoms with E-state index in [0.29, 0.717) is 5.25 Å². The molecular weight excluding hydrogens is 230 g/mol. The lowest BCUT2D eigenvalue weighted by molar-refractivity contribution is 0.198. The van der Waals surface area contributed by atoms with Gasteiger partial charge in [-0.25, -0.2) is 0 Å². The van der Waals surface area contributed by atoms with Gasteiger partial charge in [0.1, 0.15) is 0 Å². The molecule has 0 radical (unpaired) electrons. The Morgan fingerprint density at radius 2 is 2.24 bits per heavy atom. The monoisotopic (exact) mass is 251 g/mol. The van der Waals surface area contributed by atoms with Gasteiger partial charge in [0.25, 0.3) is 0 Å². The van der Waals surface area contributed by atoms with Gasteiger partial charge in [-0.3, -0.25) is 0 Å². The molecule has 3 heteroatoms. The number of para-hydroxylation sites is 1. The summed E-state index contributed by atoms with van der Waals surface area (Å²) in [6, 6.07) is 8.29. The van der Waals surface area contributed by atoms with Crippen molar-refractivity contribution in [2.75, 3.05) is 17.7 Å². The highest BCUT2D eigenvalue weighted by atomic mass is 32.2. The minimum atomic E-state index is -0.158. The second-order valence-electron chi connectivity index (χ2n) is 4.87. The molecule has 0 amide bonds. The lowest BCUT2D eigenvalue weighted by atomic mass is 9.89. The van der Waals surface area contributed by atoms with E-state index in [9.17, 15) is 5.11 Å². The Morgan fingerprint density at radius 1 is 1.47 bits per heavy atom. The van der Waals surface area contributed by atoms with Gasteiger partial charge in [-0.2, -0.15) is 11.8 Å². The Morgan fingerprint density at radius 3 is 2.88 bits per heavy atom. The standard InChI is InChI=1S/C14H21NOS/c1-11-6-3-4-7-13(11)15-14(10-16)8-5-9-17-12(14)2/h3-4,6-7,12,15-16H,5,8-10H2,1-2H3. The Kier molecular flexibility index (Phi) is 4.00. The molecule has 1 aliphatic heterocycles. The van der Waals surface area contributed by atoms with Crippen molar-refractivity contribution in [3.05, 3.63) is 29.8 Å². The van der Waals surface area contributed by atoms with E-state index in [4.69, 9.17) is 0 Å². The molecule has 1 aliphatic rings. The number of thioether (sulfide) groups is 1. The summed E-state index contributed by atoms with van der Waals surface area (Å²) in [6.07, 6.45) is 2.22. The topological polar surface area (TPSA) is 32.3 Å². The number of hydrogen-bond acceptors (Lipinski definition) is 3. The van der Waals surface area contributed by atoms with Gasteiger partial charge < -0.3 is 10.4 Å². The van der Waals surface area contributed by atoms with E-state index in [0.717, 1.165) is 12.1 Å². The van der Waals surface area contributed by atoms with Gasteiger partial charge in [0.05, 0.1) is 12.1 Å². The molecule has 0 aliphatic carbocycles. The zero-order chi connectivity index (χ0) is 12.3. The van der Waals surface area contributed by atoms with E-state index in [-0.39, 0.29) is 12.1 Å². The molecule has 0 spiro atoms. The zero-order valence-electron chi connectivity index (χ0n) is 10.6. The number of anilines is 1. The van der Waals surface area contributed by atoms with Crippen LogP contribution in [0.2, 0.25) is 0 Å². The van der Waals surface area contributed by atoms with Crippen LogP contribution in [0, 0.1) is 6.92 Å². The summed E-state index contributed by atoms with van der Waals surface area (Å²) < 4.78 is 0. The summed E-state index contributed by atoms with van der Waals surface area (Å²) in [5.74, 6) is 1.21. The summed E-state index contributed by atoms with van der Waals surface area (Å²) in [7, 11) is 0. The first-order chi connectivity index (χ1) is 8.18. The second-order valence-corrected chi connectivity index (χ2v) is 6.32. The van der Waals surface area contributed by atoms with Crippen LogP contribution >= 0.6 is 11.8 Å². The van der Waals surface area contributed by atoms with Crippen molar-refractivity contribution in [2.45, 2.75) is 37.5 Å². The van der Waals surface area contributed by atoms with Crippen molar-refractivity contribution in [1.82, 2.24) is 0 Å². The Labute approximate surface area is 108 Å². The average molecular weight is 251 g/mol. The van der Waals surface area contributed by atoms with Crippen molar-refractivity contribution in [1.29, 1.82) is 0 Å². The van der Waals surface area contributed by atoms with E-state index in [2.05, 4.69) is 31.3 Å². The molecule has 1 saturated heterocycles. The molecule has 17 heavy (non-hydrogen) atoms. The molecule has 1 aromatic rings. The summed E-state index contributed by atoms with van der Waals surface area (Å²) in [5.41, 5.74) is 2.23. The molecule has 2 atom stereocenters. The lowest BCUT2D eigenvalue weighted by Crippen LogP contribution is -2.52. The third-order valence-electron chi connectivity index (χ3n) is 3.72. The maximum Gasteiger partial charge on any atom is 0.0719 e. The number of benzene rings is 1. The van der Waals surface area contributed by atoms with E-state index < -0.39 is 0 Å². The van der Waals surface area contributed by atoms with Gasteiger partial charge in [0.15, 0.2) is 0 Å². The van der Waals surface area contributed by atoms with Crippen LogP contribution in [0.25, 0.3) is 0 Å². The molecule has 2 rings (SSSR count). The fourth-order valence-corrected chi connectivity index (χ4v) is 3.64. The van der Waals surface area contributed by atoms with Crippen LogP contribution in [0.4, 0.5) is 5.69 Å². The van der Waals surface area contributed by atoms with Gasteiger partial charge >= 0.3 is 0 Å². The molecule has 1 aromatic carbocycles. The van der Waals surface area contributed by atoms with Gasteiger partial charge in [0.2, 0.25) is 0 Å². The summed E-state index contributed by atoms with van der Waals surface area (Å²) in [5, 5.41) is 13.8. The average Bonchev–Trinajstić information content (AvgIpc) is 2.35. The van der Waals surface area contributed by atoms with Crippen molar-refractivity contribution in [3.8, 4) is 0 Å². The molecule has 2 nitrogen and oxygen atoms in total. The highest BCUT2D eigenvalue weighted by Crippen LogP contribution is 2.36. The third-order valence-corrected chi connectivity index (χ3v) is 5.20. The highest BCUT2D eigenvalue weighted by Gasteiger charge is 2.38. The Balaban J connectivity index is 2.22. The van der Waals surface area contributed by atoms with Gasteiger partial charge in [-0.1, -0.05) is 25.1 Å². The minimum absolute atomic E-state index is 0.158. The molecule has 0 saturated carbocycles. The normalized spacial score (nSPS) is 29.0. The maximum atomic E-state index is 9.79. The smallest absolute Gasteiger partial charge is 0.0719 e. The number of aliphatic hydroxyl groups is 1. The van der Waals surface area contributed by atoms with Crippen LogP contribution in [-0.2, 0) is 0 Å². The maximum absolute atomic E-state index is 9.79. The fraction of sp³-hybridized carbons (Fsp3) is 0.571. The first-order valence-corrected chi connectivity index (χ1v) is 7.29. The van der Waals surface area contributed by atoms with Crippen molar-refractivity contribution < 1.29 is 5.11 Å². The van der Waals surface area contributed by atoms with Gasteiger partial charge in [-0.05, 0) is 37.1 Å². The first-order valence-electron chi connectivity index (χ1n) is 6.24. The third kappa shape index (κ3) is 2.61. The quantitative estimate of drug-likeness (QED) is 0.866. The molecular formula is C14H21NOS. The molecule has 94 valence electrons. The molecule has 2 N–H and O–H groups in total. The van der Waals surface area contributed by atoms with Crippen molar-refractivity contribution in [3.63, 3.8) is 0 Å². The second kappa shape index (κ2) is 5.32. The fourth-order valence-electron chi connectivity index (χ4n) is 2.40. The zero-order valence-corrected chi connectivity index (χ0v) is 11.4. The van der Waals surface area contributed by atoms with Crippen molar-refractivity contribution in [2.24, 2.45) is 0 Å². The number of rotatable bonds is 3. The molecule has 1 heterocycles. The summed E-state index contributed by atoms with van der Waals surface area (Å²) >= 11 is 1.95. The predicted molar refractivity (Wildman–Crippen MR) is 75.8 cm³/mol. The number of nitrogens with one attached hydrogen (secondary N) is 1. The van der Waals surface area contributed by atoms with Crippen LogP contribution in [0.3, 0.4) is 0 Å². The largest absolute Gasteiger partial charge is 0.394 e. The van der Waals surface area contributed by atoms with Crippen LogP contribution in [0.5, 0.6) is 0 Å². The van der Waals surface area contributed by atoms with Gasteiger partial charge in [0, 0.05) is 10.9 Å².